The maximum Gasteiger partial charge on any atom is 0.235 e. The summed E-state index contributed by atoms with van der Waals surface area (Å²) in [4.78, 5) is 64.9. The molecule has 5 atom stereocenters. The van der Waals surface area contributed by atoms with Crippen LogP contribution in [0.2, 0.25) is 0 Å². The molecule has 5 rings (SSSR count). The molecular formula is C30H26FNO7. The molecule has 3 aliphatic rings. The first-order chi connectivity index (χ1) is 18.4. The number of ketones is 4. The molecule has 2 aromatic rings. The van der Waals surface area contributed by atoms with Gasteiger partial charge in [0.05, 0.1) is 17.0 Å². The molecule has 4 N–H and O–H groups in total. The number of primary amides is 1. The topological polar surface area (TPSA) is 152 Å². The lowest BCUT2D eigenvalue weighted by Crippen LogP contribution is -2.68. The van der Waals surface area contributed by atoms with Crippen LogP contribution in [0.1, 0.15) is 65.2 Å². The summed E-state index contributed by atoms with van der Waals surface area (Å²) in [5, 5.41) is 22.5. The monoisotopic (exact) mass is 531 g/mol. The number of aliphatic hydroxyl groups is 1. The van der Waals surface area contributed by atoms with E-state index in [1.54, 1.807) is 6.07 Å². The van der Waals surface area contributed by atoms with E-state index in [2.05, 4.69) is 11.8 Å². The van der Waals surface area contributed by atoms with Gasteiger partial charge in [-0.1, -0.05) is 25.7 Å². The Bertz CT molecular complexity index is 1530. The summed E-state index contributed by atoms with van der Waals surface area (Å²) in [6, 6.07) is 7.13. The molecule has 1 amide bonds. The van der Waals surface area contributed by atoms with Crippen molar-refractivity contribution in [2.75, 3.05) is 0 Å². The van der Waals surface area contributed by atoms with Gasteiger partial charge in [-0.2, -0.15) is 0 Å². The van der Waals surface area contributed by atoms with Crippen LogP contribution in [-0.2, 0) is 25.6 Å². The van der Waals surface area contributed by atoms with E-state index in [0.29, 0.717) is 11.1 Å². The van der Waals surface area contributed by atoms with Crippen LogP contribution < -0.4 is 5.73 Å². The Morgan fingerprint density at radius 2 is 1.74 bits per heavy atom. The Morgan fingerprint density at radius 1 is 1.08 bits per heavy atom. The molecular weight excluding hydrogens is 505 g/mol. The van der Waals surface area contributed by atoms with Crippen LogP contribution >= 0.6 is 0 Å². The number of carbonyl (C=O) groups excluding carboxylic acids is 5. The second-order valence-corrected chi connectivity index (χ2v) is 10.9. The summed E-state index contributed by atoms with van der Waals surface area (Å²) < 4.78 is 13.3. The molecule has 0 spiro atoms. The van der Waals surface area contributed by atoms with Gasteiger partial charge in [0.25, 0.3) is 0 Å². The van der Waals surface area contributed by atoms with E-state index in [1.165, 1.54) is 24.3 Å². The van der Waals surface area contributed by atoms with Gasteiger partial charge in [0.1, 0.15) is 11.6 Å². The molecule has 0 saturated heterocycles. The Labute approximate surface area is 223 Å². The fourth-order valence-corrected chi connectivity index (χ4v) is 6.35. The van der Waals surface area contributed by atoms with Gasteiger partial charge in [0.2, 0.25) is 5.91 Å². The minimum Gasteiger partial charge on any atom is -0.506 e. The number of Topliss-reactive ketones (excluding diaryl/α,β-unsaturated/α-hetero) is 4. The highest BCUT2D eigenvalue weighted by molar-refractivity contribution is 6.31. The number of hydrogen-bond acceptors (Lipinski definition) is 7. The third kappa shape index (κ3) is 3.98. The van der Waals surface area contributed by atoms with E-state index in [4.69, 9.17) is 5.73 Å². The number of fused-ring (bicyclic) bond motifs is 3. The molecule has 2 fully saturated rings. The molecule has 0 radical (unpaired) electrons. The fourth-order valence-electron chi connectivity index (χ4n) is 6.35. The zero-order valence-corrected chi connectivity index (χ0v) is 21.3. The Kier molecular flexibility index (Phi) is 6.27. The van der Waals surface area contributed by atoms with Crippen molar-refractivity contribution < 1.29 is 38.6 Å². The highest BCUT2D eigenvalue weighted by atomic mass is 19.1. The Hall–Kier alpha value is -4.16. The summed E-state index contributed by atoms with van der Waals surface area (Å²) in [6.45, 7) is 3.82. The van der Waals surface area contributed by atoms with Gasteiger partial charge in [-0.05, 0) is 66.1 Å². The van der Waals surface area contributed by atoms with E-state index < -0.39 is 69.9 Å². The van der Waals surface area contributed by atoms with Crippen LogP contribution in [0.4, 0.5) is 4.39 Å². The fraction of sp³-hybridized carbons (Fsp3) is 0.367. The predicted molar refractivity (Wildman–Crippen MR) is 135 cm³/mol. The van der Waals surface area contributed by atoms with Crippen LogP contribution in [0, 0.1) is 41.3 Å². The van der Waals surface area contributed by atoms with Crippen LogP contribution in [0.25, 0.3) is 0 Å². The summed E-state index contributed by atoms with van der Waals surface area (Å²) in [5.74, 6) is -5.46. The van der Waals surface area contributed by atoms with Gasteiger partial charge in [-0.15, -0.1) is 0 Å². The molecule has 2 unspecified atom stereocenters. The van der Waals surface area contributed by atoms with E-state index >= 15 is 0 Å². The number of phenols is 1. The van der Waals surface area contributed by atoms with Crippen LogP contribution in [-0.4, -0.2) is 44.9 Å². The average molecular weight is 532 g/mol. The number of amides is 1. The van der Waals surface area contributed by atoms with Gasteiger partial charge in [-0.3, -0.25) is 24.0 Å². The first-order valence-electron chi connectivity index (χ1n) is 12.7. The molecule has 9 heteroatoms. The maximum atomic E-state index is 13.9. The van der Waals surface area contributed by atoms with Gasteiger partial charge < -0.3 is 15.9 Å². The van der Waals surface area contributed by atoms with Crippen molar-refractivity contribution in [1.29, 1.82) is 0 Å². The van der Waals surface area contributed by atoms with E-state index in [9.17, 15) is 38.6 Å². The number of benzene rings is 2. The number of aromatic hydroxyl groups is 1. The minimum atomic E-state index is -2.70. The Morgan fingerprint density at radius 3 is 2.36 bits per heavy atom. The van der Waals surface area contributed by atoms with E-state index in [0.717, 1.165) is 5.56 Å². The third-order valence-corrected chi connectivity index (χ3v) is 8.24. The van der Waals surface area contributed by atoms with Crippen molar-refractivity contribution in [3.63, 3.8) is 0 Å². The van der Waals surface area contributed by atoms with Gasteiger partial charge in [0, 0.05) is 17.9 Å². The zero-order valence-electron chi connectivity index (χ0n) is 21.3. The summed E-state index contributed by atoms with van der Waals surface area (Å²) in [5.41, 5.74) is 4.36. The Balaban J connectivity index is 1.61. The molecule has 2 saturated carbocycles. The minimum absolute atomic E-state index is 0.0332. The van der Waals surface area contributed by atoms with Gasteiger partial charge in [0.15, 0.2) is 34.7 Å². The van der Waals surface area contributed by atoms with Crippen LogP contribution in [0.3, 0.4) is 0 Å². The maximum absolute atomic E-state index is 13.9. The summed E-state index contributed by atoms with van der Waals surface area (Å²) in [6.07, 6.45) is -0.143. The molecule has 0 aliphatic heterocycles. The highest BCUT2D eigenvalue weighted by Gasteiger charge is 2.66. The van der Waals surface area contributed by atoms with Crippen molar-refractivity contribution >= 4 is 29.0 Å². The van der Waals surface area contributed by atoms with Crippen LogP contribution in [0.15, 0.2) is 30.3 Å². The smallest absolute Gasteiger partial charge is 0.235 e. The quantitative estimate of drug-likeness (QED) is 0.396. The second kappa shape index (κ2) is 9.24. The van der Waals surface area contributed by atoms with Gasteiger partial charge >= 0.3 is 0 Å². The van der Waals surface area contributed by atoms with Crippen molar-refractivity contribution in [2.24, 2.45) is 29.4 Å². The number of hydrogen-bond donors (Lipinski definition) is 3. The van der Waals surface area contributed by atoms with Crippen molar-refractivity contribution in [3.05, 3.63) is 64.0 Å². The average Bonchev–Trinajstić information content (AvgIpc) is 2.86. The molecule has 0 heterocycles. The molecule has 2 aromatic carbocycles. The summed E-state index contributed by atoms with van der Waals surface area (Å²) >= 11 is 0. The van der Waals surface area contributed by atoms with Crippen molar-refractivity contribution in [3.8, 4) is 17.6 Å². The molecule has 0 bridgehead atoms. The van der Waals surface area contributed by atoms with Crippen molar-refractivity contribution in [1.82, 2.24) is 0 Å². The molecule has 39 heavy (non-hydrogen) atoms. The normalized spacial score (nSPS) is 27.8. The molecule has 0 aromatic heterocycles. The van der Waals surface area contributed by atoms with E-state index in [1.807, 2.05) is 13.8 Å². The first kappa shape index (κ1) is 26.4. The number of carbonyl (C=O) groups is 5. The van der Waals surface area contributed by atoms with Gasteiger partial charge in [-0.25, -0.2) is 4.39 Å². The number of halogens is 1. The molecule has 8 nitrogen and oxygen atoms in total. The number of phenolic OH excluding ortho intramolecular Hbond substituents is 1. The highest BCUT2D eigenvalue weighted by Crippen LogP contribution is 2.51. The predicted octanol–water partition coefficient (Wildman–Crippen LogP) is 1.99. The zero-order chi connectivity index (χ0) is 28.4. The second-order valence-electron chi connectivity index (χ2n) is 10.9. The molecule has 3 aliphatic carbocycles. The summed E-state index contributed by atoms with van der Waals surface area (Å²) in [7, 11) is 0. The largest absolute Gasteiger partial charge is 0.506 e. The van der Waals surface area contributed by atoms with Crippen molar-refractivity contribution in [2.45, 2.75) is 44.6 Å². The SMILES string of the molecule is CC(C)c1cc(C#Cc2ccc(F)cc2)c(O)c2c1C[C@H]1C[C@H]3CC(=O)C(C(N)=O)C(=O)[C@@]3(O)C(=O)C1C2=O. The standard InChI is InChI=1S/C30H26FNO7/c1-13(2)19-10-15(6-3-14-4-7-18(31)8-5-14)25(34)23-20(19)11-16-9-17-12-21(33)24(29(32)38)28(37)30(17,39)27(36)22(16)26(23)35/h4-5,7-8,10,13,16-17,22,24,34,39H,9,11-12H2,1-2H3,(H2,32,38)/t16-,17+,22?,24?,30+/m1/s1. The number of nitrogens with two attached hydrogens (primary N) is 1. The van der Waals surface area contributed by atoms with Crippen LogP contribution in [0.5, 0.6) is 5.75 Å². The lowest BCUT2D eigenvalue weighted by molar-refractivity contribution is -0.175. The molecule has 200 valence electrons. The van der Waals surface area contributed by atoms with E-state index in [-0.39, 0.29) is 36.3 Å². The third-order valence-electron chi connectivity index (χ3n) is 8.24. The first-order valence-corrected chi connectivity index (χ1v) is 12.7. The number of rotatable bonds is 2. The lowest BCUT2D eigenvalue weighted by atomic mass is 9.53. The lowest BCUT2D eigenvalue weighted by Gasteiger charge is -2.48.